The highest BCUT2D eigenvalue weighted by Crippen LogP contribution is 2.20. The Labute approximate surface area is 120 Å². The van der Waals surface area contributed by atoms with Gasteiger partial charge in [0.2, 0.25) is 0 Å². The van der Waals surface area contributed by atoms with Crippen LogP contribution in [0.4, 0.5) is 0 Å². The van der Waals surface area contributed by atoms with Crippen molar-refractivity contribution >= 4 is 15.7 Å². The minimum absolute atomic E-state index is 0.0735. The van der Waals surface area contributed by atoms with E-state index in [0.29, 0.717) is 18.7 Å². The van der Waals surface area contributed by atoms with Crippen molar-refractivity contribution in [2.24, 2.45) is 0 Å². The van der Waals surface area contributed by atoms with E-state index in [9.17, 15) is 13.2 Å². The minimum atomic E-state index is -3.02. The Morgan fingerprint density at radius 1 is 1.20 bits per heavy atom. The normalized spacial score (nSPS) is 16.0. The number of aryl methyl sites for hydroxylation is 1. The molecule has 0 radical (unpaired) electrons. The first-order valence-corrected chi connectivity index (χ1v) is 8.79. The number of benzene rings is 1. The van der Waals surface area contributed by atoms with Gasteiger partial charge >= 0.3 is 0 Å². The number of sulfone groups is 1. The number of amides is 1. The highest BCUT2D eigenvalue weighted by atomic mass is 32.2. The lowest BCUT2D eigenvalue weighted by molar-refractivity contribution is 0.0659. The Kier molecular flexibility index (Phi) is 4.48. The fourth-order valence-corrected chi connectivity index (χ4v) is 3.64. The number of carbonyl (C=O) groups excluding carboxylic acids is 1. The molecule has 5 heteroatoms. The Morgan fingerprint density at radius 3 is 2.30 bits per heavy atom. The maximum Gasteiger partial charge on any atom is 0.253 e. The Balaban J connectivity index is 1.97. The van der Waals surface area contributed by atoms with Crippen molar-refractivity contribution in [2.75, 3.05) is 18.8 Å². The quantitative estimate of drug-likeness (QED) is 0.833. The van der Waals surface area contributed by atoms with Crippen LogP contribution in [0.5, 0.6) is 0 Å². The van der Waals surface area contributed by atoms with E-state index in [1.54, 1.807) is 11.8 Å². The van der Waals surface area contributed by atoms with Gasteiger partial charge in [-0.3, -0.25) is 4.79 Å². The number of nitrogens with zero attached hydrogens (tertiary/aromatic N) is 1. The molecule has 1 aromatic rings. The average molecular weight is 295 g/mol. The predicted molar refractivity (Wildman–Crippen MR) is 79.6 cm³/mol. The summed E-state index contributed by atoms with van der Waals surface area (Å²) in [6.45, 7) is 4.41. The van der Waals surface area contributed by atoms with Gasteiger partial charge in [0.1, 0.15) is 0 Å². The van der Waals surface area contributed by atoms with Crippen LogP contribution < -0.4 is 0 Å². The number of hydrogen-bond acceptors (Lipinski definition) is 3. The van der Waals surface area contributed by atoms with Gasteiger partial charge in [-0.15, -0.1) is 0 Å². The van der Waals surface area contributed by atoms with Gasteiger partial charge in [-0.25, -0.2) is 8.42 Å². The molecular weight excluding hydrogens is 274 g/mol. The third-order valence-corrected chi connectivity index (χ3v) is 5.90. The SMILES string of the molecule is CCCc1ccc(C(=O)N2CC(S(=O)(=O)CC)C2)cc1. The molecule has 2 rings (SSSR count). The van der Waals surface area contributed by atoms with Gasteiger partial charge in [0.05, 0.1) is 5.25 Å². The maximum atomic E-state index is 12.2. The molecule has 1 amide bonds. The molecule has 0 N–H and O–H groups in total. The minimum Gasteiger partial charge on any atom is -0.336 e. The molecular formula is C15H21NO3S. The second-order valence-electron chi connectivity index (χ2n) is 5.23. The first kappa shape index (κ1) is 15.0. The van der Waals surface area contributed by atoms with E-state index in [4.69, 9.17) is 0 Å². The topological polar surface area (TPSA) is 54.5 Å². The standard InChI is InChI=1S/C15H21NO3S/c1-3-5-12-6-8-13(9-7-12)15(17)16-10-14(11-16)20(18,19)4-2/h6-9,14H,3-5,10-11H2,1-2H3. The van der Waals surface area contributed by atoms with Crippen molar-refractivity contribution in [1.29, 1.82) is 0 Å². The zero-order chi connectivity index (χ0) is 14.8. The van der Waals surface area contributed by atoms with Crippen molar-refractivity contribution < 1.29 is 13.2 Å². The molecule has 1 heterocycles. The second kappa shape index (κ2) is 5.95. The summed E-state index contributed by atoms with van der Waals surface area (Å²) in [6, 6.07) is 7.59. The molecule has 110 valence electrons. The number of rotatable bonds is 5. The number of likely N-dealkylation sites (tertiary alicyclic amines) is 1. The summed E-state index contributed by atoms with van der Waals surface area (Å²) in [5.41, 5.74) is 1.86. The summed E-state index contributed by atoms with van der Waals surface area (Å²) in [4.78, 5) is 13.8. The molecule has 1 saturated heterocycles. The van der Waals surface area contributed by atoms with E-state index in [1.807, 2.05) is 24.3 Å². The van der Waals surface area contributed by atoms with Crippen molar-refractivity contribution in [3.05, 3.63) is 35.4 Å². The van der Waals surface area contributed by atoms with E-state index in [1.165, 1.54) is 5.56 Å². The summed E-state index contributed by atoms with van der Waals surface area (Å²) >= 11 is 0. The fourth-order valence-electron chi connectivity index (χ4n) is 2.35. The average Bonchev–Trinajstić information content (AvgIpc) is 2.38. The van der Waals surface area contributed by atoms with Crippen molar-refractivity contribution in [2.45, 2.75) is 31.9 Å². The van der Waals surface area contributed by atoms with Gasteiger partial charge in [-0.1, -0.05) is 32.4 Å². The molecule has 4 nitrogen and oxygen atoms in total. The molecule has 0 atom stereocenters. The van der Waals surface area contributed by atoms with E-state index in [2.05, 4.69) is 6.92 Å². The van der Waals surface area contributed by atoms with Crippen molar-refractivity contribution in [3.63, 3.8) is 0 Å². The fraction of sp³-hybridized carbons (Fsp3) is 0.533. The van der Waals surface area contributed by atoms with Gasteiger partial charge in [-0.05, 0) is 24.1 Å². The smallest absolute Gasteiger partial charge is 0.253 e. The van der Waals surface area contributed by atoms with Crippen LogP contribution in [0.25, 0.3) is 0 Å². The van der Waals surface area contributed by atoms with Gasteiger partial charge < -0.3 is 4.90 Å². The third-order valence-electron chi connectivity index (χ3n) is 3.79. The van der Waals surface area contributed by atoms with Gasteiger partial charge in [-0.2, -0.15) is 0 Å². The van der Waals surface area contributed by atoms with E-state index >= 15 is 0 Å². The van der Waals surface area contributed by atoms with Crippen LogP contribution in [0.3, 0.4) is 0 Å². The summed E-state index contributed by atoms with van der Waals surface area (Å²) in [5.74, 6) is 0.0707. The van der Waals surface area contributed by atoms with E-state index < -0.39 is 9.84 Å². The lowest BCUT2D eigenvalue weighted by Crippen LogP contribution is -2.57. The monoisotopic (exact) mass is 295 g/mol. The van der Waals surface area contributed by atoms with Crippen LogP contribution in [-0.4, -0.2) is 43.3 Å². The van der Waals surface area contributed by atoms with Crippen LogP contribution in [0.1, 0.15) is 36.2 Å². The molecule has 1 aliphatic rings. The van der Waals surface area contributed by atoms with Gasteiger partial charge in [0.25, 0.3) is 5.91 Å². The Morgan fingerprint density at radius 2 is 1.80 bits per heavy atom. The van der Waals surface area contributed by atoms with Gasteiger partial charge in [0.15, 0.2) is 9.84 Å². The Bertz CT molecular complexity index is 572. The highest BCUT2D eigenvalue weighted by Gasteiger charge is 2.38. The molecule has 0 spiro atoms. The molecule has 0 saturated carbocycles. The van der Waals surface area contributed by atoms with Crippen LogP contribution in [0, 0.1) is 0 Å². The molecule has 0 aliphatic carbocycles. The first-order chi connectivity index (χ1) is 9.47. The molecule has 0 unspecified atom stereocenters. The zero-order valence-corrected chi connectivity index (χ0v) is 12.8. The molecule has 1 aliphatic heterocycles. The van der Waals surface area contributed by atoms with E-state index in [0.717, 1.165) is 12.8 Å². The Hall–Kier alpha value is -1.36. The zero-order valence-electron chi connectivity index (χ0n) is 12.0. The molecule has 1 aromatic carbocycles. The summed E-state index contributed by atoms with van der Waals surface area (Å²) in [5, 5.41) is -0.379. The number of carbonyl (C=O) groups is 1. The second-order valence-corrected chi connectivity index (χ2v) is 7.80. The van der Waals surface area contributed by atoms with Gasteiger partial charge in [0, 0.05) is 24.4 Å². The number of hydrogen-bond donors (Lipinski definition) is 0. The molecule has 1 fully saturated rings. The largest absolute Gasteiger partial charge is 0.336 e. The third kappa shape index (κ3) is 3.03. The molecule has 0 bridgehead atoms. The van der Waals surface area contributed by atoms with Crippen LogP contribution >= 0.6 is 0 Å². The lowest BCUT2D eigenvalue weighted by atomic mass is 10.1. The maximum absolute atomic E-state index is 12.2. The van der Waals surface area contributed by atoms with Crippen molar-refractivity contribution in [3.8, 4) is 0 Å². The molecule has 20 heavy (non-hydrogen) atoms. The highest BCUT2D eigenvalue weighted by molar-refractivity contribution is 7.92. The van der Waals surface area contributed by atoms with E-state index in [-0.39, 0.29) is 16.9 Å². The van der Waals surface area contributed by atoms with Crippen molar-refractivity contribution in [1.82, 2.24) is 4.90 Å². The summed E-state index contributed by atoms with van der Waals surface area (Å²) in [7, 11) is -3.02. The lowest BCUT2D eigenvalue weighted by Gasteiger charge is -2.38. The summed E-state index contributed by atoms with van der Waals surface area (Å²) < 4.78 is 23.3. The predicted octanol–water partition coefficient (Wildman–Crippen LogP) is 1.90. The van der Waals surface area contributed by atoms with Crippen LogP contribution in [-0.2, 0) is 16.3 Å². The molecule has 0 aromatic heterocycles. The van der Waals surface area contributed by atoms with Crippen LogP contribution in [0.15, 0.2) is 24.3 Å². The summed E-state index contributed by atoms with van der Waals surface area (Å²) in [6.07, 6.45) is 2.09. The first-order valence-electron chi connectivity index (χ1n) is 7.07. The van der Waals surface area contributed by atoms with Crippen LogP contribution in [0.2, 0.25) is 0 Å².